The van der Waals surface area contributed by atoms with Crippen molar-refractivity contribution in [3.8, 4) is 11.8 Å². The lowest BCUT2D eigenvalue weighted by molar-refractivity contribution is 0.165. The first-order valence-electron chi connectivity index (χ1n) is 5.61. The highest BCUT2D eigenvalue weighted by atomic mass is 16.3. The Bertz CT molecular complexity index is 352. The average molecular weight is 200 g/mol. The molecule has 0 aromatic heterocycles. The van der Waals surface area contributed by atoms with Crippen LogP contribution in [0.4, 0.5) is 0 Å². The second-order valence-electron chi connectivity index (χ2n) is 4.12. The molecule has 1 aromatic rings. The fourth-order valence-corrected chi connectivity index (χ4v) is 2.07. The van der Waals surface area contributed by atoms with E-state index in [1.54, 1.807) is 0 Å². The summed E-state index contributed by atoms with van der Waals surface area (Å²) in [4.78, 5) is 0. The molecular weight excluding hydrogens is 184 g/mol. The van der Waals surface area contributed by atoms with Crippen molar-refractivity contribution in [1.82, 2.24) is 0 Å². The molecule has 1 aliphatic rings. The Morgan fingerprint density at radius 3 is 2.47 bits per heavy atom. The maximum Gasteiger partial charge on any atom is 0.117 e. The maximum atomic E-state index is 9.84. The Morgan fingerprint density at radius 2 is 1.80 bits per heavy atom. The van der Waals surface area contributed by atoms with Gasteiger partial charge in [0.1, 0.15) is 6.10 Å². The fourth-order valence-electron chi connectivity index (χ4n) is 2.07. The Morgan fingerprint density at radius 1 is 1.13 bits per heavy atom. The van der Waals surface area contributed by atoms with Crippen molar-refractivity contribution in [1.29, 1.82) is 0 Å². The largest absolute Gasteiger partial charge is 0.380 e. The third kappa shape index (κ3) is 2.84. The Kier molecular flexibility index (Phi) is 3.42. The molecule has 0 aliphatic heterocycles. The SMILES string of the molecule is OC(C#Cc1ccccc1)C1CCCC1. The minimum atomic E-state index is -0.437. The molecule has 15 heavy (non-hydrogen) atoms. The van der Waals surface area contributed by atoms with E-state index in [1.807, 2.05) is 30.3 Å². The number of hydrogen-bond acceptors (Lipinski definition) is 1. The molecule has 1 heteroatoms. The molecule has 0 heterocycles. The molecule has 1 fully saturated rings. The van der Waals surface area contributed by atoms with Gasteiger partial charge in [-0.3, -0.25) is 0 Å². The van der Waals surface area contributed by atoms with E-state index in [1.165, 1.54) is 12.8 Å². The first-order chi connectivity index (χ1) is 7.36. The first-order valence-corrected chi connectivity index (χ1v) is 5.61. The number of aliphatic hydroxyl groups is 1. The van der Waals surface area contributed by atoms with Gasteiger partial charge in [-0.1, -0.05) is 42.9 Å². The van der Waals surface area contributed by atoms with Crippen LogP contribution in [0.3, 0.4) is 0 Å². The molecule has 2 rings (SSSR count). The van der Waals surface area contributed by atoms with Gasteiger partial charge < -0.3 is 5.11 Å². The van der Waals surface area contributed by atoms with Crippen LogP contribution in [0.1, 0.15) is 31.2 Å². The zero-order chi connectivity index (χ0) is 10.5. The summed E-state index contributed by atoms with van der Waals surface area (Å²) in [6, 6.07) is 9.83. The van der Waals surface area contributed by atoms with Gasteiger partial charge in [-0.25, -0.2) is 0 Å². The summed E-state index contributed by atoms with van der Waals surface area (Å²) in [7, 11) is 0. The molecule has 0 amide bonds. The lowest BCUT2D eigenvalue weighted by Gasteiger charge is -2.10. The topological polar surface area (TPSA) is 20.2 Å². The predicted molar refractivity (Wildman–Crippen MR) is 61.3 cm³/mol. The molecule has 1 saturated carbocycles. The summed E-state index contributed by atoms with van der Waals surface area (Å²) in [5.41, 5.74) is 0.981. The van der Waals surface area contributed by atoms with Crippen LogP contribution < -0.4 is 0 Å². The maximum absolute atomic E-state index is 9.84. The summed E-state index contributed by atoms with van der Waals surface area (Å²) in [6.45, 7) is 0. The molecule has 78 valence electrons. The summed E-state index contributed by atoms with van der Waals surface area (Å²) >= 11 is 0. The molecule has 1 atom stereocenters. The monoisotopic (exact) mass is 200 g/mol. The Balaban J connectivity index is 1.99. The van der Waals surface area contributed by atoms with Crippen molar-refractivity contribution in [2.45, 2.75) is 31.8 Å². The number of hydrogen-bond donors (Lipinski definition) is 1. The van der Waals surface area contributed by atoms with Gasteiger partial charge in [0.05, 0.1) is 0 Å². The Hall–Kier alpha value is -1.26. The second kappa shape index (κ2) is 5.00. The van der Waals surface area contributed by atoms with E-state index in [9.17, 15) is 5.11 Å². The predicted octanol–water partition coefficient (Wildman–Crippen LogP) is 2.59. The summed E-state index contributed by atoms with van der Waals surface area (Å²) in [5.74, 6) is 6.37. The van der Waals surface area contributed by atoms with Crippen LogP contribution in [0.2, 0.25) is 0 Å². The van der Waals surface area contributed by atoms with Crippen LogP contribution in [-0.2, 0) is 0 Å². The van der Waals surface area contributed by atoms with E-state index < -0.39 is 6.10 Å². The van der Waals surface area contributed by atoms with E-state index in [0.29, 0.717) is 5.92 Å². The normalized spacial score (nSPS) is 18.2. The third-order valence-electron chi connectivity index (χ3n) is 2.98. The average Bonchev–Trinajstić information content (AvgIpc) is 2.81. The smallest absolute Gasteiger partial charge is 0.117 e. The molecule has 0 spiro atoms. The zero-order valence-electron chi connectivity index (χ0n) is 8.82. The van der Waals surface area contributed by atoms with Crippen LogP contribution in [-0.4, -0.2) is 11.2 Å². The summed E-state index contributed by atoms with van der Waals surface area (Å²) in [6.07, 6.45) is 4.31. The fraction of sp³-hybridized carbons (Fsp3) is 0.429. The van der Waals surface area contributed by atoms with Crippen molar-refractivity contribution < 1.29 is 5.11 Å². The van der Waals surface area contributed by atoms with Crippen molar-refractivity contribution >= 4 is 0 Å². The second-order valence-corrected chi connectivity index (χ2v) is 4.12. The molecule has 1 nitrogen and oxygen atoms in total. The molecule has 1 N–H and O–H groups in total. The van der Waals surface area contributed by atoms with Gasteiger partial charge in [-0.15, -0.1) is 0 Å². The third-order valence-corrected chi connectivity index (χ3v) is 2.98. The van der Waals surface area contributed by atoms with Crippen LogP contribution >= 0.6 is 0 Å². The molecule has 1 unspecified atom stereocenters. The quantitative estimate of drug-likeness (QED) is 0.691. The van der Waals surface area contributed by atoms with Crippen molar-refractivity contribution in [2.75, 3.05) is 0 Å². The summed E-state index contributed by atoms with van der Waals surface area (Å²) < 4.78 is 0. The van der Waals surface area contributed by atoms with Gasteiger partial charge >= 0.3 is 0 Å². The van der Waals surface area contributed by atoms with E-state index in [4.69, 9.17) is 0 Å². The van der Waals surface area contributed by atoms with E-state index >= 15 is 0 Å². The molecule has 0 bridgehead atoms. The van der Waals surface area contributed by atoms with E-state index in [2.05, 4.69) is 11.8 Å². The lowest BCUT2D eigenvalue weighted by Crippen LogP contribution is -2.14. The molecule has 0 radical (unpaired) electrons. The highest BCUT2D eigenvalue weighted by Gasteiger charge is 2.21. The molecule has 1 aliphatic carbocycles. The molecule has 0 saturated heterocycles. The first kappa shape index (κ1) is 10.3. The van der Waals surface area contributed by atoms with Crippen LogP contribution in [0.15, 0.2) is 30.3 Å². The standard InChI is InChI=1S/C14H16O/c15-14(13-8-4-5-9-13)11-10-12-6-2-1-3-7-12/h1-3,6-7,13-15H,4-5,8-9H2. The highest BCUT2D eigenvalue weighted by Crippen LogP contribution is 2.27. The van der Waals surface area contributed by atoms with Crippen molar-refractivity contribution in [3.63, 3.8) is 0 Å². The van der Waals surface area contributed by atoms with Crippen LogP contribution in [0.25, 0.3) is 0 Å². The zero-order valence-corrected chi connectivity index (χ0v) is 8.82. The van der Waals surface area contributed by atoms with Gasteiger partial charge in [0.15, 0.2) is 0 Å². The van der Waals surface area contributed by atoms with Crippen LogP contribution in [0.5, 0.6) is 0 Å². The lowest BCUT2D eigenvalue weighted by atomic mass is 10.0. The molecular formula is C14H16O. The minimum Gasteiger partial charge on any atom is -0.380 e. The van der Waals surface area contributed by atoms with E-state index in [-0.39, 0.29) is 0 Å². The van der Waals surface area contributed by atoms with Gasteiger partial charge in [0.25, 0.3) is 0 Å². The minimum absolute atomic E-state index is 0.404. The number of benzene rings is 1. The van der Waals surface area contributed by atoms with Crippen molar-refractivity contribution in [2.24, 2.45) is 5.92 Å². The van der Waals surface area contributed by atoms with Crippen molar-refractivity contribution in [3.05, 3.63) is 35.9 Å². The molecule has 1 aromatic carbocycles. The van der Waals surface area contributed by atoms with Gasteiger partial charge in [0, 0.05) is 5.56 Å². The Labute approximate surface area is 91.1 Å². The number of rotatable bonds is 1. The van der Waals surface area contributed by atoms with Gasteiger partial charge in [-0.05, 0) is 30.9 Å². The highest BCUT2D eigenvalue weighted by molar-refractivity contribution is 5.34. The summed E-state index contributed by atoms with van der Waals surface area (Å²) in [5, 5.41) is 9.84. The van der Waals surface area contributed by atoms with Crippen LogP contribution in [0, 0.1) is 17.8 Å². The van der Waals surface area contributed by atoms with Gasteiger partial charge in [-0.2, -0.15) is 0 Å². The van der Waals surface area contributed by atoms with E-state index in [0.717, 1.165) is 18.4 Å². The number of aliphatic hydroxyl groups excluding tert-OH is 1. The van der Waals surface area contributed by atoms with Gasteiger partial charge in [0.2, 0.25) is 0 Å².